The van der Waals surface area contributed by atoms with Crippen LogP contribution in [0.4, 0.5) is 0 Å². The highest BCUT2D eigenvalue weighted by Crippen LogP contribution is 2.15. The summed E-state index contributed by atoms with van der Waals surface area (Å²) in [5.41, 5.74) is 9.94. The maximum Gasteiger partial charge on any atom is 0.236 e. The first-order valence-corrected chi connectivity index (χ1v) is 6.22. The predicted octanol–water partition coefficient (Wildman–Crippen LogP) is -0.771. The van der Waals surface area contributed by atoms with Crippen molar-refractivity contribution in [3.8, 4) is 0 Å². The summed E-state index contributed by atoms with van der Waals surface area (Å²) < 4.78 is 0. The van der Waals surface area contributed by atoms with Gasteiger partial charge in [-0.2, -0.15) is 0 Å². The lowest BCUT2D eigenvalue weighted by molar-refractivity contribution is -0.133. The Hall–Kier alpha value is -1.92. The summed E-state index contributed by atoms with van der Waals surface area (Å²) in [6, 6.07) is 0. The number of carbonyl (C=O) groups excluding carboxylic acids is 4. The number of Topliss-reactive ketones (excluding diaryl/α,β-unsaturated/α-hetero) is 1. The van der Waals surface area contributed by atoms with Crippen LogP contribution in [0.15, 0.2) is 0 Å². The Morgan fingerprint density at radius 2 is 1.74 bits per heavy atom. The van der Waals surface area contributed by atoms with E-state index in [1.54, 1.807) is 0 Å². The molecule has 0 aliphatic heterocycles. The molecule has 19 heavy (non-hydrogen) atoms. The Balaban J connectivity index is 4.32. The second-order valence-electron chi connectivity index (χ2n) is 4.40. The monoisotopic (exact) mass is 271 g/mol. The van der Waals surface area contributed by atoms with Crippen molar-refractivity contribution in [1.82, 2.24) is 5.32 Å². The average Bonchev–Trinajstić information content (AvgIpc) is 2.31. The molecule has 0 aromatic rings. The van der Waals surface area contributed by atoms with Gasteiger partial charge in [-0.15, -0.1) is 0 Å². The van der Waals surface area contributed by atoms with Crippen LogP contribution in [0.1, 0.15) is 39.0 Å². The van der Waals surface area contributed by atoms with E-state index in [1.807, 2.05) is 6.92 Å². The van der Waals surface area contributed by atoms with Gasteiger partial charge in [-0.3, -0.25) is 19.2 Å². The molecular formula is C12H21N3O4. The first-order valence-electron chi connectivity index (χ1n) is 6.22. The van der Waals surface area contributed by atoms with Crippen LogP contribution in [0.5, 0.6) is 0 Å². The van der Waals surface area contributed by atoms with Crippen molar-refractivity contribution in [3.05, 3.63) is 0 Å². The Bertz CT molecular complexity index is 355. The maximum absolute atomic E-state index is 11.9. The molecule has 0 rings (SSSR count). The molecule has 0 aliphatic rings. The molecule has 0 fully saturated rings. The summed E-state index contributed by atoms with van der Waals surface area (Å²) in [7, 11) is 0. The molecule has 5 N–H and O–H groups in total. The number of rotatable bonds is 10. The third-order valence-corrected chi connectivity index (χ3v) is 2.60. The summed E-state index contributed by atoms with van der Waals surface area (Å²) in [5.74, 6) is -2.69. The van der Waals surface area contributed by atoms with E-state index in [-0.39, 0.29) is 25.2 Å². The van der Waals surface area contributed by atoms with E-state index in [4.69, 9.17) is 11.5 Å². The van der Waals surface area contributed by atoms with Crippen LogP contribution in [0.3, 0.4) is 0 Å². The molecule has 108 valence electrons. The van der Waals surface area contributed by atoms with E-state index in [2.05, 4.69) is 5.32 Å². The molecule has 1 unspecified atom stereocenters. The van der Waals surface area contributed by atoms with Gasteiger partial charge >= 0.3 is 0 Å². The minimum absolute atomic E-state index is 0.0536. The van der Waals surface area contributed by atoms with Crippen molar-refractivity contribution in [2.75, 3.05) is 6.54 Å². The lowest BCUT2D eigenvalue weighted by Gasteiger charge is -2.13. The number of nitrogens with two attached hydrogens (primary N) is 2. The quantitative estimate of drug-likeness (QED) is 0.450. The zero-order valence-corrected chi connectivity index (χ0v) is 11.1. The van der Waals surface area contributed by atoms with Crippen molar-refractivity contribution in [1.29, 1.82) is 0 Å². The highest BCUT2D eigenvalue weighted by molar-refractivity contribution is 6.01. The van der Waals surface area contributed by atoms with E-state index in [0.717, 1.165) is 12.8 Å². The minimum atomic E-state index is -0.680. The Morgan fingerprint density at radius 1 is 1.11 bits per heavy atom. The first-order chi connectivity index (χ1) is 8.86. The van der Waals surface area contributed by atoms with Gasteiger partial charge in [-0.25, -0.2) is 0 Å². The molecule has 0 saturated heterocycles. The van der Waals surface area contributed by atoms with Crippen LogP contribution in [-0.2, 0) is 19.2 Å². The van der Waals surface area contributed by atoms with Crippen LogP contribution in [0.2, 0.25) is 0 Å². The molecule has 7 heteroatoms. The van der Waals surface area contributed by atoms with Crippen LogP contribution < -0.4 is 16.8 Å². The van der Waals surface area contributed by atoms with Crippen LogP contribution in [0, 0.1) is 5.92 Å². The van der Waals surface area contributed by atoms with E-state index in [9.17, 15) is 19.2 Å². The fraction of sp³-hybridized carbons (Fsp3) is 0.667. The number of ketones is 1. The number of carbonyl (C=O) groups is 4. The van der Waals surface area contributed by atoms with E-state index in [1.165, 1.54) is 0 Å². The van der Waals surface area contributed by atoms with Gasteiger partial charge < -0.3 is 16.8 Å². The number of unbranched alkanes of at least 4 members (excludes halogenated alkanes) is 1. The average molecular weight is 271 g/mol. The standard InChI is InChI=1S/C12H21N3O4/c1-2-3-4-8(5-10(13)17)9(16)6-12(19)15-7-11(14)18/h8H,2-7H2,1H3,(H2,13,17)(H2,14,18)(H,15,19). The minimum Gasteiger partial charge on any atom is -0.370 e. The van der Waals surface area contributed by atoms with Gasteiger partial charge in [0.1, 0.15) is 5.78 Å². The van der Waals surface area contributed by atoms with Gasteiger partial charge in [0.2, 0.25) is 17.7 Å². The maximum atomic E-state index is 11.9. The van der Waals surface area contributed by atoms with Crippen LogP contribution in [0.25, 0.3) is 0 Å². The Labute approximate surface area is 112 Å². The lowest BCUT2D eigenvalue weighted by atomic mass is 9.92. The van der Waals surface area contributed by atoms with Gasteiger partial charge in [0.15, 0.2) is 0 Å². The zero-order chi connectivity index (χ0) is 14.8. The normalized spacial score (nSPS) is 11.6. The Morgan fingerprint density at radius 3 is 2.21 bits per heavy atom. The van der Waals surface area contributed by atoms with Crippen molar-refractivity contribution in [2.45, 2.75) is 39.0 Å². The van der Waals surface area contributed by atoms with Crippen molar-refractivity contribution >= 4 is 23.5 Å². The number of hydrogen-bond acceptors (Lipinski definition) is 4. The predicted molar refractivity (Wildman–Crippen MR) is 68.7 cm³/mol. The highest BCUT2D eigenvalue weighted by atomic mass is 16.2. The van der Waals surface area contributed by atoms with Crippen LogP contribution in [-0.4, -0.2) is 30.0 Å². The number of primary amides is 2. The summed E-state index contributed by atoms with van der Waals surface area (Å²) in [4.78, 5) is 44.6. The third-order valence-electron chi connectivity index (χ3n) is 2.60. The summed E-state index contributed by atoms with van der Waals surface area (Å²) in [6.07, 6.45) is 1.78. The molecule has 0 saturated carbocycles. The van der Waals surface area contributed by atoms with Gasteiger partial charge in [0, 0.05) is 12.3 Å². The van der Waals surface area contributed by atoms with Crippen molar-refractivity contribution in [2.24, 2.45) is 17.4 Å². The lowest BCUT2D eigenvalue weighted by Crippen LogP contribution is -2.35. The second kappa shape index (κ2) is 9.07. The molecule has 7 nitrogen and oxygen atoms in total. The first kappa shape index (κ1) is 17.1. The second-order valence-corrected chi connectivity index (χ2v) is 4.40. The largest absolute Gasteiger partial charge is 0.370 e. The topological polar surface area (TPSA) is 132 Å². The number of nitrogens with one attached hydrogen (secondary N) is 1. The van der Waals surface area contributed by atoms with Gasteiger partial charge in [0.05, 0.1) is 13.0 Å². The van der Waals surface area contributed by atoms with E-state index >= 15 is 0 Å². The molecule has 0 aliphatic carbocycles. The number of amides is 3. The summed E-state index contributed by atoms with van der Waals surface area (Å²) in [5, 5.41) is 2.23. The fourth-order valence-corrected chi connectivity index (χ4v) is 1.62. The van der Waals surface area contributed by atoms with Crippen LogP contribution >= 0.6 is 0 Å². The van der Waals surface area contributed by atoms with Crippen molar-refractivity contribution in [3.63, 3.8) is 0 Å². The molecule has 0 aromatic heterocycles. The molecule has 3 amide bonds. The highest BCUT2D eigenvalue weighted by Gasteiger charge is 2.22. The molecule has 0 heterocycles. The van der Waals surface area contributed by atoms with E-state index in [0.29, 0.717) is 6.42 Å². The van der Waals surface area contributed by atoms with Crippen molar-refractivity contribution < 1.29 is 19.2 Å². The molecular weight excluding hydrogens is 250 g/mol. The SMILES string of the molecule is CCCCC(CC(N)=O)C(=O)CC(=O)NCC(N)=O. The fourth-order valence-electron chi connectivity index (χ4n) is 1.62. The summed E-state index contributed by atoms with van der Waals surface area (Å²) in [6.45, 7) is 1.66. The van der Waals surface area contributed by atoms with Gasteiger partial charge in [0.25, 0.3) is 0 Å². The molecule has 0 bridgehead atoms. The van der Waals surface area contributed by atoms with Gasteiger partial charge in [-0.1, -0.05) is 19.8 Å². The molecule has 0 aromatic carbocycles. The molecule has 0 spiro atoms. The van der Waals surface area contributed by atoms with Gasteiger partial charge in [-0.05, 0) is 6.42 Å². The number of hydrogen-bond donors (Lipinski definition) is 3. The third kappa shape index (κ3) is 8.76. The summed E-state index contributed by atoms with van der Waals surface area (Å²) >= 11 is 0. The van der Waals surface area contributed by atoms with E-state index < -0.39 is 23.6 Å². The molecule has 0 radical (unpaired) electrons. The Kier molecular flexibility index (Phi) is 8.15. The molecule has 1 atom stereocenters. The zero-order valence-electron chi connectivity index (χ0n) is 11.1. The smallest absolute Gasteiger partial charge is 0.236 e.